The summed E-state index contributed by atoms with van der Waals surface area (Å²) >= 11 is 0. The molecule has 0 radical (unpaired) electrons. The molecule has 0 unspecified atom stereocenters. The molecule has 3 aromatic rings. The molecule has 29 heavy (non-hydrogen) atoms. The Hall–Kier alpha value is -3.46. The molecule has 2 heterocycles. The quantitative estimate of drug-likeness (QED) is 0.645. The lowest BCUT2D eigenvalue weighted by Gasteiger charge is -2.19. The summed E-state index contributed by atoms with van der Waals surface area (Å²) < 4.78 is 30.1. The lowest BCUT2D eigenvalue weighted by molar-refractivity contribution is 0.478. The molecular weight excluding hydrogens is 392 g/mol. The Labute approximate surface area is 166 Å². The largest absolute Gasteiger partial charge is 0.506 e. The van der Waals surface area contributed by atoms with E-state index in [2.05, 4.69) is 14.8 Å². The molecule has 4 rings (SSSR count). The van der Waals surface area contributed by atoms with E-state index in [1.165, 1.54) is 6.07 Å². The van der Waals surface area contributed by atoms with Crippen LogP contribution in [0.3, 0.4) is 0 Å². The summed E-state index contributed by atoms with van der Waals surface area (Å²) in [5.41, 5.74) is -0.265. The van der Waals surface area contributed by atoms with Crippen molar-refractivity contribution in [2.45, 2.75) is 18.7 Å². The van der Waals surface area contributed by atoms with E-state index in [1.807, 2.05) is 13.8 Å². The third-order valence-corrected chi connectivity index (χ3v) is 5.71. The number of pyridine rings is 1. The van der Waals surface area contributed by atoms with E-state index in [0.717, 1.165) is 4.68 Å². The third kappa shape index (κ3) is 3.19. The summed E-state index contributed by atoms with van der Waals surface area (Å²) in [5, 5.41) is 18.3. The van der Waals surface area contributed by atoms with Crippen molar-refractivity contribution in [3.63, 3.8) is 0 Å². The van der Waals surface area contributed by atoms with Crippen LogP contribution in [0.5, 0.6) is 5.75 Å². The van der Waals surface area contributed by atoms with Gasteiger partial charge in [0.25, 0.3) is 15.6 Å². The molecule has 1 aliphatic rings. The zero-order chi connectivity index (χ0) is 20.8. The van der Waals surface area contributed by atoms with Gasteiger partial charge in [-0.05, 0) is 30.2 Å². The predicted molar refractivity (Wildman–Crippen MR) is 112 cm³/mol. The summed E-state index contributed by atoms with van der Waals surface area (Å²) in [4.78, 5) is 13.2. The van der Waals surface area contributed by atoms with Crippen molar-refractivity contribution in [2.75, 3.05) is 5.32 Å². The second kappa shape index (κ2) is 6.85. The maximum absolute atomic E-state index is 13.2. The van der Waals surface area contributed by atoms with Gasteiger partial charge in [-0.25, -0.2) is 0 Å². The summed E-state index contributed by atoms with van der Waals surface area (Å²) in [5.74, 6) is -0.525. The van der Waals surface area contributed by atoms with Gasteiger partial charge in [0.1, 0.15) is 16.2 Å². The van der Waals surface area contributed by atoms with Gasteiger partial charge in [0.15, 0.2) is 5.84 Å². The van der Waals surface area contributed by atoms with Gasteiger partial charge in [0.2, 0.25) is 0 Å². The molecule has 8 nitrogen and oxygen atoms in total. The van der Waals surface area contributed by atoms with E-state index in [9.17, 15) is 18.3 Å². The van der Waals surface area contributed by atoms with Crippen molar-refractivity contribution in [1.29, 1.82) is 0 Å². The van der Waals surface area contributed by atoms with Crippen molar-refractivity contribution >= 4 is 38.7 Å². The van der Waals surface area contributed by atoms with Crippen molar-refractivity contribution in [3.05, 3.63) is 64.4 Å². The molecule has 9 heteroatoms. The molecule has 1 aromatic heterocycles. The molecule has 0 bridgehead atoms. The number of rotatable bonds is 3. The van der Waals surface area contributed by atoms with Crippen LogP contribution in [0.25, 0.3) is 10.9 Å². The lowest BCUT2D eigenvalue weighted by Crippen LogP contribution is -2.31. The number of hydrogen-bond donors (Lipinski definition) is 2. The first-order valence-corrected chi connectivity index (χ1v) is 10.4. The van der Waals surface area contributed by atoms with Crippen molar-refractivity contribution in [3.8, 4) is 5.75 Å². The van der Waals surface area contributed by atoms with E-state index < -0.39 is 15.6 Å². The van der Waals surface area contributed by atoms with Gasteiger partial charge in [-0.2, -0.15) is 18.2 Å². The summed E-state index contributed by atoms with van der Waals surface area (Å²) in [7, 11) is -4.04. The van der Waals surface area contributed by atoms with E-state index in [1.54, 1.807) is 48.7 Å². The molecule has 2 aromatic carbocycles. The molecule has 0 saturated carbocycles. The van der Waals surface area contributed by atoms with Crippen LogP contribution in [0.15, 0.2) is 67.7 Å². The Bertz CT molecular complexity index is 1350. The molecule has 1 aliphatic heterocycles. The highest BCUT2D eigenvalue weighted by Gasteiger charge is 2.29. The van der Waals surface area contributed by atoms with Gasteiger partial charge in [0, 0.05) is 11.6 Å². The van der Waals surface area contributed by atoms with Crippen LogP contribution in [0, 0.1) is 5.92 Å². The number of benzene rings is 2. The average Bonchev–Trinajstić information content (AvgIpc) is 2.67. The molecule has 0 atom stereocenters. The average molecular weight is 410 g/mol. The minimum atomic E-state index is -4.04. The first-order valence-electron chi connectivity index (χ1n) is 8.92. The van der Waals surface area contributed by atoms with Crippen LogP contribution < -0.4 is 10.9 Å². The minimum Gasteiger partial charge on any atom is -0.506 e. The topological polar surface area (TPSA) is 113 Å². The molecule has 0 fully saturated rings. The number of hydrogen-bond acceptors (Lipinski definition) is 6. The zero-order valence-electron chi connectivity index (χ0n) is 15.7. The van der Waals surface area contributed by atoms with Gasteiger partial charge in [0.05, 0.1) is 11.2 Å². The Morgan fingerprint density at radius 3 is 2.59 bits per heavy atom. The SMILES string of the molecule is CC(C)C=Nn1c(=O)c(C2=NS(=O)(=O)c3ccccc3N2)c(O)c2ccccc21. The van der Waals surface area contributed by atoms with E-state index >= 15 is 0 Å². The highest BCUT2D eigenvalue weighted by atomic mass is 32.2. The Morgan fingerprint density at radius 1 is 1.14 bits per heavy atom. The third-order valence-electron chi connectivity index (χ3n) is 4.38. The fourth-order valence-electron chi connectivity index (χ4n) is 3.06. The molecule has 2 N–H and O–H groups in total. The Balaban J connectivity index is 2.03. The second-order valence-corrected chi connectivity index (χ2v) is 8.47. The van der Waals surface area contributed by atoms with E-state index in [0.29, 0.717) is 10.9 Å². The number of aromatic hydroxyl groups is 1. The minimum absolute atomic E-state index is 0.00202. The molecule has 0 saturated heterocycles. The van der Waals surface area contributed by atoms with Gasteiger partial charge in [-0.1, -0.05) is 38.1 Å². The monoisotopic (exact) mass is 410 g/mol. The van der Waals surface area contributed by atoms with Crippen LogP contribution in [-0.2, 0) is 10.0 Å². The fourth-order valence-corrected chi connectivity index (χ4v) is 4.18. The van der Waals surface area contributed by atoms with Crippen molar-refractivity contribution in [1.82, 2.24) is 4.68 Å². The molecule has 0 spiro atoms. The first-order chi connectivity index (χ1) is 13.8. The Morgan fingerprint density at radius 2 is 1.83 bits per heavy atom. The standard InChI is InChI=1S/C20H18N4O4S/c1-12(2)11-21-24-15-9-5-3-7-13(15)18(25)17(20(24)26)19-22-14-8-4-6-10-16(14)29(27,28)23-19/h3-12,25H,1-2H3,(H,22,23). The number of anilines is 1. The van der Waals surface area contributed by atoms with Crippen LogP contribution >= 0.6 is 0 Å². The van der Waals surface area contributed by atoms with Crippen LogP contribution in [0.2, 0.25) is 0 Å². The number of aromatic nitrogens is 1. The molecule has 0 aliphatic carbocycles. The van der Waals surface area contributed by atoms with E-state index in [-0.39, 0.29) is 33.6 Å². The smallest absolute Gasteiger partial charge is 0.286 e. The number of para-hydroxylation sites is 2. The summed E-state index contributed by atoms with van der Waals surface area (Å²) in [6.07, 6.45) is 1.59. The predicted octanol–water partition coefficient (Wildman–Crippen LogP) is 2.76. The van der Waals surface area contributed by atoms with Crippen LogP contribution in [0.4, 0.5) is 5.69 Å². The molecule has 0 amide bonds. The first kappa shape index (κ1) is 18.9. The number of sulfonamides is 1. The van der Waals surface area contributed by atoms with Crippen LogP contribution in [-0.4, -0.2) is 30.3 Å². The molecular formula is C20H18N4O4S. The number of fused-ring (bicyclic) bond motifs is 2. The second-order valence-electron chi connectivity index (χ2n) is 6.90. The van der Waals surface area contributed by atoms with Gasteiger partial charge in [-0.15, -0.1) is 4.40 Å². The van der Waals surface area contributed by atoms with Crippen molar-refractivity contribution in [2.24, 2.45) is 15.4 Å². The number of nitrogens with one attached hydrogen (secondary N) is 1. The maximum Gasteiger partial charge on any atom is 0.286 e. The molecule has 148 valence electrons. The zero-order valence-corrected chi connectivity index (χ0v) is 16.5. The normalized spacial score (nSPS) is 15.3. The van der Waals surface area contributed by atoms with Crippen LogP contribution in [0.1, 0.15) is 19.4 Å². The number of nitrogens with zero attached hydrogens (tertiary/aromatic N) is 3. The van der Waals surface area contributed by atoms with Gasteiger partial charge >= 0.3 is 0 Å². The number of amidine groups is 1. The fraction of sp³-hybridized carbons (Fsp3) is 0.150. The highest BCUT2D eigenvalue weighted by molar-refractivity contribution is 7.90. The lowest BCUT2D eigenvalue weighted by atomic mass is 10.1. The maximum atomic E-state index is 13.2. The highest BCUT2D eigenvalue weighted by Crippen LogP contribution is 2.32. The van der Waals surface area contributed by atoms with E-state index in [4.69, 9.17) is 0 Å². The van der Waals surface area contributed by atoms with Crippen molar-refractivity contribution < 1.29 is 13.5 Å². The Kier molecular flexibility index (Phi) is 4.46. The van der Waals surface area contributed by atoms with Gasteiger partial charge < -0.3 is 10.4 Å². The summed E-state index contributed by atoms with van der Waals surface area (Å²) in [6.45, 7) is 3.82. The summed E-state index contributed by atoms with van der Waals surface area (Å²) in [6, 6.07) is 12.9. The van der Waals surface area contributed by atoms with Gasteiger partial charge in [-0.3, -0.25) is 4.79 Å².